The molecule has 0 aliphatic carbocycles. The first-order chi connectivity index (χ1) is 14.9. The minimum absolute atomic E-state index is 0.947. The molecule has 0 bridgehead atoms. The number of benzene rings is 4. The van der Waals surface area contributed by atoms with Crippen LogP contribution >= 0.6 is 15.9 Å². The van der Waals surface area contributed by atoms with Gasteiger partial charge in [0.05, 0.1) is 0 Å². The lowest BCUT2D eigenvalue weighted by molar-refractivity contribution is 0.671. The summed E-state index contributed by atoms with van der Waals surface area (Å²) in [5.74, 6) is 0. The molecule has 0 aliphatic heterocycles. The zero-order valence-electron chi connectivity index (χ0n) is 18.6. The van der Waals surface area contributed by atoms with E-state index in [4.69, 9.17) is 4.42 Å². The Hall–Kier alpha value is -2.52. The maximum atomic E-state index is 6.66. The molecule has 0 N–H and O–H groups in total. The summed E-state index contributed by atoms with van der Waals surface area (Å²) in [5, 5.41) is 2.33. The molecule has 0 amide bonds. The van der Waals surface area contributed by atoms with Gasteiger partial charge in [0.2, 0.25) is 0 Å². The summed E-state index contributed by atoms with van der Waals surface area (Å²) in [4.78, 5) is 0. The molecule has 1 aromatic heterocycles. The topological polar surface area (TPSA) is 13.1 Å². The van der Waals surface area contributed by atoms with E-state index in [1.807, 2.05) is 0 Å². The van der Waals surface area contributed by atoms with Crippen LogP contribution in [-0.2, 0) is 0 Å². The van der Waals surface area contributed by atoms with Gasteiger partial charge in [0.1, 0.15) is 50.4 Å². The van der Waals surface area contributed by atoms with Crippen LogP contribution < -0.4 is 27.3 Å². The molecular weight excluding hydrogens is 438 g/mol. The lowest BCUT2D eigenvalue weighted by Gasteiger charge is -2.20. The minimum atomic E-state index is 0.947. The number of furan rings is 1. The van der Waals surface area contributed by atoms with Crippen molar-refractivity contribution >= 4 is 104 Å². The minimum Gasteiger partial charge on any atom is -0.455 e. The van der Waals surface area contributed by atoms with E-state index in [0.29, 0.717) is 0 Å². The number of rotatable bonds is 2. The predicted molar refractivity (Wildman–Crippen MR) is 153 cm³/mol. The van der Waals surface area contributed by atoms with E-state index in [9.17, 15) is 0 Å². The van der Waals surface area contributed by atoms with Gasteiger partial charge in [0.15, 0.2) is 0 Å². The first-order valence-electron chi connectivity index (χ1n) is 10.7. The Balaban J connectivity index is 1.85. The van der Waals surface area contributed by atoms with Crippen LogP contribution in [0, 0.1) is 0 Å². The van der Waals surface area contributed by atoms with E-state index in [1.165, 1.54) is 43.8 Å². The van der Waals surface area contributed by atoms with Crippen molar-refractivity contribution in [3.05, 3.63) is 65.1 Å². The Bertz CT molecular complexity index is 1460. The third-order valence-corrected chi connectivity index (χ3v) is 7.48. The molecule has 5 rings (SSSR count). The highest BCUT2D eigenvalue weighted by Crippen LogP contribution is 2.39. The zero-order valence-corrected chi connectivity index (χ0v) is 20.1. The van der Waals surface area contributed by atoms with Gasteiger partial charge in [0, 0.05) is 26.4 Å². The van der Waals surface area contributed by atoms with E-state index in [1.54, 1.807) is 0 Å². The summed E-state index contributed by atoms with van der Waals surface area (Å²) >= 11 is 3.54. The van der Waals surface area contributed by atoms with Crippen molar-refractivity contribution in [3.8, 4) is 22.3 Å². The second-order valence-corrected chi connectivity index (χ2v) is 9.39. The monoisotopic (exact) mass is 458 g/mol. The Kier molecular flexibility index (Phi) is 4.98. The first-order valence-corrected chi connectivity index (χ1v) is 11.4. The summed E-state index contributed by atoms with van der Waals surface area (Å²) in [6, 6.07) is 21.4. The fourth-order valence-corrected chi connectivity index (χ4v) is 5.04. The summed E-state index contributed by atoms with van der Waals surface area (Å²) < 4.78 is 7.74. The molecule has 1 nitrogen and oxygen atoms in total. The van der Waals surface area contributed by atoms with Crippen LogP contribution in [0.2, 0.25) is 0 Å². The fourth-order valence-electron chi connectivity index (χ4n) is 4.78. The maximum Gasteiger partial charge on any atom is 0.143 e. The quantitative estimate of drug-likeness (QED) is 0.309. The molecular formula is C24H20B5BrO. The van der Waals surface area contributed by atoms with Crippen LogP contribution in [0.1, 0.15) is 0 Å². The molecule has 0 aliphatic rings. The largest absolute Gasteiger partial charge is 0.455 e. The Morgan fingerprint density at radius 1 is 0.548 bits per heavy atom. The van der Waals surface area contributed by atoms with Gasteiger partial charge < -0.3 is 4.42 Å². The summed E-state index contributed by atoms with van der Waals surface area (Å²) in [7, 11) is 11.1. The molecule has 5 aromatic rings. The Labute approximate surface area is 195 Å². The van der Waals surface area contributed by atoms with Gasteiger partial charge in [-0.3, -0.25) is 0 Å². The van der Waals surface area contributed by atoms with Crippen molar-refractivity contribution < 1.29 is 4.42 Å². The maximum absolute atomic E-state index is 6.66. The number of halogens is 1. The van der Waals surface area contributed by atoms with Crippen molar-refractivity contribution in [2.75, 3.05) is 0 Å². The molecule has 4 aromatic carbocycles. The smallest absolute Gasteiger partial charge is 0.143 e. The van der Waals surface area contributed by atoms with Gasteiger partial charge in [-0.15, -0.1) is 16.4 Å². The van der Waals surface area contributed by atoms with E-state index >= 15 is 0 Å². The zero-order chi connectivity index (χ0) is 21.9. The van der Waals surface area contributed by atoms with Crippen LogP contribution in [0.4, 0.5) is 0 Å². The van der Waals surface area contributed by atoms with Gasteiger partial charge in [-0.1, -0.05) is 75.4 Å². The highest BCUT2D eigenvalue weighted by atomic mass is 79.9. The third kappa shape index (κ3) is 3.13. The van der Waals surface area contributed by atoms with Crippen molar-refractivity contribution in [2.45, 2.75) is 0 Å². The van der Waals surface area contributed by atoms with Gasteiger partial charge in [-0.2, -0.15) is 0 Å². The highest BCUT2D eigenvalue weighted by Gasteiger charge is 2.19. The molecule has 0 atom stereocenters. The average molecular weight is 458 g/mol. The summed E-state index contributed by atoms with van der Waals surface area (Å²) in [5.41, 5.74) is 13.5. The average Bonchev–Trinajstić information content (AvgIpc) is 3.17. The second kappa shape index (κ2) is 7.56. The molecule has 0 saturated heterocycles. The lowest BCUT2D eigenvalue weighted by Crippen LogP contribution is -2.55. The van der Waals surface area contributed by atoms with E-state index in [0.717, 1.165) is 32.2 Å². The molecule has 1 heterocycles. The predicted octanol–water partition coefficient (Wildman–Crippen LogP) is -1.03. The number of hydrogen-bond donors (Lipinski definition) is 0. The van der Waals surface area contributed by atoms with Crippen molar-refractivity contribution in [3.63, 3.8) is 0 Å². The summed E-state index contributed by atoms with van der Waals surface area (Å²) in [6.45, 7) is 0. The van der Waals surface area contributed by atoms with Gasteiger partial charge in [0.25, 0.3) is 0 Å². The molecule has 31 heavy (non-hydrogen) atoms. The fraction of sp³-hybridized carbons (Fsp3) is 0. The van der Waals surface area contributed by atoms with Gasteiger partial charge in [-0.05, 0) is 23.3 Å². The van der Waals surface area contributed by atoms with Gasteiger partial charge in [-0.25, -0.2) is 0 Å². The lowest BCUT2D eigenvalue weighted by atomic mass is 9.59. The van der Waals surface area contributed by atoms with Crippen LogP contribution in [0.3, 0.4) is 0 Å². The first kappa shape index (κ1) is 20.4. The molecule has 0 radical (unpaired) electrons. The van der Waals surface area contributed by atoms with Crippen LogP contribution in [0.25, 0.3) is 44.2 Å². The molecule has 144 valence electrons. The number of para-hydroxylation sites is 2. The van der Waals surface area contributed by atoms with Crippen molar-refractivity contribution in [1.29, 1.82) is 0 Å². The molecule has 0 saturated carbocycles. The molecule has 0 fully saturated rings. The summed E-state index contributed by atoms with van der Waals surface area (Å²) in [6.07, 6.45) is 0. The van der Waals surface area contributed by atoms with E-state index < -0.39 is 0 Å². The highest BCUT2D eigenvalue weighted by molar-refractivity contribution is 9.10. The van der Waals surface area contributed by atoms with E-state index in [-0.39, 0.29) is 0 Å². The number of hydrogen-bond acceptors (Lipinski definition) is 1. The molecule has 0 unspecified atom stereocenters. The van der Waals surface area contributed by atoms with E-state index in [2.05, 4.69) is 116 Å². The normalized spacial score (nSPS) is 11.4. The molecule has 7 heteroatoms. The van der Waals surface area contributed by atoms with Crippen LogP contribution in [0.15, 0.2) is 69.6 Å². The second-order valence-electron chi connectivity index (χ2n) is 8.47. The van der Waals surface area contributed by atoms with Crippen molar-refractivity contribution in [2.24, 2.45) is 0 Å². The van der Waals surface area contributed by atoms with Crippen LogP contribution in [0.5, 0.6) is 0 Å². The Morgan fingerprint density at radius 2 is 1.03 bits per heavy atom. The van der Waals surface area contributed by atoms with Crippen LogP contribution in [-0.4, -0.2) is 39.2 Å². The third-order valence-electron chi connectivity index (χ3n) is 6.95. The number of fused-ring (bicyclic) bond motifs is 3. The van der Waals surface area contributed by atoms with Gasteiger partial charge >= 0.3 is 0 Å². The SMILES string of the molecule is Bc1c(B)c(B)c(-c2cccc3c2oc2c(-c4ccc(Br)cc4)cccc23)c(B)c1B. The standard InChI is InChI=1S/C24H20B5BrO/c25-18-17(19(26)21(28)22(29)20(18)27)16-6-2-5-15-14-4-1-3-13(23(14)31-24(15)16)11-7-9-12(30)10-8-11/h1-10H,25-29H2. The Morgan fingerprint density at radius 3 is 1.61 bits per heavy atom. The molecule has 0 spiro atoms. The van der Waals surface area contributed by atoms with Crippen molar-refractivity contribution in [1.82, 2.24) is 0 Å².